The molecule has 1 fully saturated rings. The highest BCUT2D eigenvalue weighted by Gasteiger charge is 2.19. The number of hydrogen-bond acceptors (Lipinski definition) is 4. The van der Waals surface area contributed by atoms with Crippen molar-refractivity contribution in [2.45, 2.75) is 13.5 Å². The predicted octanol–water partition coefficient (Wildman–Crippen LogP) is 3.93. The molecule has 2 aromatic heterocycles. The molecule has 0 unspecified atom stereocenters. The molecule has 1 aromatic carbocycles. The lowest BCUT2D eigenvalue weighted by Crippen LogP contribution is -2.46. The van der Waals surface area contributed by atoms with Crippen LogP contribution in [-0.4, -0.2) is 36.1 Å². The maximum Gasteiger partial charge on any atom is 0.129 e. The van der Waals surface area contributed by atoms with Gasteiger partial charge in [-0.05, 0) is 36.1 Å². The highest BCUT2D eigenvalue weighted by atomic mass is 32.1. The van der Waals surface area contributed by atoms with E-state index in [-0.39, 0.29) is 0 Å². The standard InChI is InChI=1S/C19H21N3S/c1-15-13-19(20-18-7-3-2-6-17(15)18)22-10-8-21(9-11-22)14-16-5-4-12-23-16/h2-7,12-13H,8-11,14H2,1H3. The van der Waals surface area contributed by atoms with Crippen LogP contribution < -0.4 is 4.90 Å². The zero-order chi connectivity index (χ0) is 15.6. The number of benzene rings is 1. The number of rotatable bonds is 3. The van der Waals surface area contributed by atoms with Crippen LogP contribution in [0, 0.1) is 6.92 Å². The Hall–Kier alpha value is -1.91. The van der Waals surface area contributed by atoms with Gasteiger partial charge in [0.1, 0.15) is 5.82 Å². The average Bonchev–Trinajstić information content (AvgIpc) is 3.08. The zero-order valence-corrected chi connectivity index (χ0v) is 14.2. The number of para-hydroxylation sites is 1. The van der Waals surface area contributed by atoms with Crippen molar-refractivity contribution in [2.75, 3.05) is 31.1 Å². The van der Waals surface area contributed by atoms with E-state index in [1.807, 2.05) is 11.3 Å². The van der Waals surface area contributed by atoms with E-state index in [9.17, 15) is 0 Å². The van der Waals surface area contributed by atoms with Gasteiger partial charge in [-0.1, -0.05) is 24.3 Å². The Morgan fingerprint density at radius 2 is 1.87 bits per heavy atom. The summed E-state index contributed by atoms with van der Waals surface area (Å²) < 4.78 is 0. The molecule has 3 heterocycles. The lowest BCUT2D eigenvalue weighted by atomic mass is 10.1. The van der Waals surface area contributed by atoms with E-state index in [0.29, 0.717) is 0 Å². The molecule has 1 aliphatic rings. The van der Waals surface area contributed by atoms with Crippen LogP contribution in [0.5, 0.6) is 0 Å². The van der Waals surface area contributed by atoms with Crippen LogP contribution in [0.4, 0.5) is 5.82 Å². The van der Waals surface area contributed by atoms with Crippen LogP contribution >= 0.6 is 11.3 Å². The normalized spacial score (nSPS) is 16.1. The molecule has 1 saturated heterocycles. The lowest BCUT2D eigenvalue weighted by Gasteiger charge is -2.35. The summed E-state index contributed by atoms with van der Waals surface area (Å²) in [5.41, 5.74) is 2.41. The molecule has 0 radical (unpaired) electrons. The maximum atomic E-state index is 4.87. The molecule has 4 heteroatoms. The molecule has 0 amide bonds. The number of nitrogens with zero attached hydrogens (tertiary/aromatic N) is 3. The van der Waals surface area contributed by atoms with E-state index in [4.69, 9.17) is 4.98 Å². The Labute approximate surface area is 141 Å². The smallest absolute Gasteiger partial charge is 0.129 e. The van der Waals surface area contributed by atoms with Gasteiger partial charge in [-0.15, -0.1) is 11.3 Å². The largest absolute Gasteiger partial charge is 0.354 e. The van der Waals surface area contributed by atoms with Crippen LogP contribution in [0.3, 0.4) is 0 Å². The van der Waals surface area contributed by atoms with Crippen molar-refractivity contribution in [3.05, 3.63) is 58.3 Å². The maximum absolute atomic E-state index is 4.87. The number of hydrogen-bond donors (Lipinski definition) is 0. The van der Waals surface area contributed by atoms with Gasteiger partial charge in [0.15, 0.2) is 0 Å². The first-order chi connectivity index (χ1) is 11.3. The minimum atomic E-state index is 1.05. The molecule has 0 N–H and O–H groups in total. The van der Waals surface area contributed by atoms with Crippen LogP contribution in [0.2, 0.25) is 0 Å². The van der Waals surface area contributed by atoms with Crippen molar-refractivity contribution in [1.82, 2.24) is 9.88 Å². The molecular formula is C19H21N3S. The SMILES string of the molecule is Cc1cc(N2CCN(Cc3cccs3)CC2)nc2ccccc12. The molecule has 23 heavy (non-hydrogen) atoms. The Morgan fingerprint density at radius 3 is 2.65 bits per heavy atom. The monoisotopic (exact) mass is 323 g/mol. The van der Waals surface area contributed by atoms with Crippen LogP contribution in [0.15, 0.2) is 47.8 Å². The minimum Gasteiger partial charge on any atom is -0.354 e. The Morgan fingerprint density at radius 1 is 1.04 bits per heavy atom. The lowest BCUT2D eigenvalue weighted by molar-refractivity contribution is 0.251. The number of aryl methyl sites for hydroxylation is 1. The highest BCUT2D eigenvalue weighted by molar-refractivity contribution is 7.09. The van der Waals surface area contributed by atoms with E-state index >= 15 is 0 Å². The van der Waals surface area contributed by atoms with Crippen LogP contribution in [0.25, 0.3) is 10.9 Å². The van der Waals surface area contributed by atoms with Crippen molar-refractivity contribution in [3.63, 3.8) is 0 Å². The number of fused-ring (bicyclic) bond motifs is 1. The summed E-state index contributed by atoms with van der Waals surface area (Å²) in [6.45, 7) is 7.57. The fraction of sp³-hybridized carbons (Fsp3) is 0.316. The van der Waals surface area contributed by atoms with Crippen LogP contribution in [0.1, 0.15) is 10.4 Å². The molecule has 3 aromatic rings. The van der Waals surface area contributed by atoms with Gasteiger partial charge in [-0.3, -0.25) is 4.90 Å². The van der Waals surface area contributed by atoms with Gasteiger partial charge in [-0.25, -0.2) is 4.98 Å². The fourth-order valence-corrected chi connectivity index (χ4v) is 4.00. The van der Waals surface area contributed by atoms with E-state index in [2.05, 4.69) is 64.6 Å². The first kappa shape index (κ1) is 14.7. The Balaban J connectivity index is 1.48. The van der Waals surface area contributed by atoms with Gasteiger partial charge >= 0.3 is 0 Å². The summed E-state index contributed by atoms with van der Waals surface area (Å²) in [6, 6.07) is 15.0. The van der Waals surface area contributed by atoms with Gasteiger partial charge in [0.05, 0.1) is 5.52 Å². The van der Waals surface area contributed by atoms with Crippen LogP contribution in [-0.2, 0) is 6.54 Å². The number of aromatic nitrogens is 1. The minimum absolute atomic E-state index is 1.05. The molecular weight excluding hydrogens is 302 g/mol. The number of piperazine rings is 1. The molecule has 0 aliphatic carbocycles. The van der Waals surface area contributed by atoms with E-state index in [1.165, 1.54) is 15.8 Å². The van der Waals surface area contributed by atoms with E-state index in [0.717, 1.165) is 44.1 Å². The predicted molar refractivity (Wildman–Crippen MR) is 98.3 cm³/mol. The molecule has 3 nitrogen and oxygen atoms in total. The third-order valence-electron chi connectivity index (χ3n) is 4.57. The molecule has 0 saturated carbocycles. The number of anilines is 1. The molecule has 1 aliphatic heterocycles. The van der Waals surface area contributed by atoms with Gasteiger partial charge in [0.25, 0.3) is 0 Å². The van der Waals surface area contributed by atoms with Gasteiger partial charge < -0.3 is 4.90 Å². The Bertz CT molecular complexity index is 789. The quantitative estimate of drug-likeness (QED) is 0.728. The topological polar surface area (TPSA) is 19.4 Å². The molecule has 0 spiro atoms. The van der Waals surface area contributed by atoms with Gasteiger partial charge in [0.2, 0.25) is 0 Å². The first-order valence-electron chi connectivity index (χ1n) is 8.16. The first-order valence-corrected chi connectivity index (χ1v) is 9.04. The second-order valence-electron chi connectivity index (χ2n) is 6.16. The molecule has 118 valence electrons. The summed E-state index contributed by atoms with van der Waals surface area (Å²) in [4.78, 5) is 11.3. The third-order valence-corrected chi connectivity index (χ3v) is 5.43. The highest BCUT2D eigenvalue weighted by Crippen LogP contribution is 2.23. The molecule has 0 bridgehead atoms. The summed E-state index contributed by atoms with van der Waals surface area (Å²) in [6.07, 6.45) is 0. The Kier molecular flexibility index (Phi) is 4.02. The van der Waals surface area contributed by atoms with Crippen molar-refractivity contribution in [3.8, 4) is 0 Å². The van der Waals surface area contributed by atoms with Crippen molar-refractivity contribution >= 4 is 28.1 Å². The number of pyridine rings is 1. The van der Waals surface area contributed by atoms with Crippen molar-refractivity contribution < 1.29 is 0 Å². The van der Waals surface area contributed by atoms with Crippen molar-refractivity contribution in [2.24, 2.45) is 0 Å². The summed E-state index contributed by atoms with van der Waals surface area (Å²) in [5.74, 6) is 1.12. The fourth-order valence-electron chi connectivity index (χ4n) is 3.25. The van der Waals surface area contributed by atoms with Gasteiger partial charge in [0, 0.05) is 43.0 Å². The second kappa shape index (κ2) is 6.30. The van der Waals surface area contributed by atoms with E-state index in [1.54, 1.807) is 0 Å². The molecule has 0 atom stereocenters. The van der Waals surface area contributed by atoms with E-state index < -0.39 is 0 Å². The average molecular weight is 323 g/mol. The summed E-state index contributed by atoms with van der Waals surface area (Å²) >= 11 is 1.85. The number of thiophene rings is 1. The van der Waals surface area contributed by atoms with Gasteiger partial charge in [-0.2, -0.15) is 0 Å². The van der Waals surface area contributed by atoms with Crippen molar-refractivity contribution in [1.29, 1.82) is 0 Å². The molecule has 4 rings (SSSR count). The second-order valence-corrected chi connectivity index (χ2v) is 7.19. The zero-order valence-electron chi connectivity index (χ0n) is 13.4. The third kappa shape index (κ3) is 3.09. The summed E-state index contributed by atoms with van der Waals surface area (Å²) in [7, 11) is 0. The summed E-state index contributed by atoms with van der Waals surface area (Å²) in [5, 5.41) is 3.42.